The molecule has 1 nitrogen and oxygen atoms in total. The average Bonchev–Trinajstić information content (AvgIpc) is 1.69. The van der Waals surface area contributed by atoms with E-state index in [-0.39, 0.29) is 6.61 Å². The second-order valence-electron chi connectivity index (χ2n) is 1.23. The molecule has 0 spiro atoms. The number of unbranched alkanes of at least 4 members (excludes halogenated alkanes) is 1. The van der Waals surface area contributed by atoms with Crippen molar-refractivity contribution in [3.63, 3.8) is 0 Å². The maximum atomic E-state index is 8.22. The molecule has 0 amide bonds. The Labute approximate surface area is 48.6 Å². The highest BCUT2D eigenvalue weighted by atomic mass is 35.5. The SMILES string of the molecule is OCCCC=CCl. The first-order chi connectivity index (χ1) is 3.41. The van der Waals surface area contributed by atoms with Crippen molar-refractivity contribution in [2.24, 2.45) is 0 Å². The third-order valence-corrected chi connectivity index (χ3v) is 0.796. The van der Waals surface area contributed by atoms with E-state index < -0.39 is 0 Å². The van der Waals surface area contributed by atoms with Crippen LogP contribution in [0.3, 0.4) is 0 Å². The number of halogens is 1. The Balaban J connectivity index is 2.69. The van der Waals surface area contributed by atoms with Crippen LogP contribution in [0.25, 0.3) is 0 Å². The van der Waals surface area contributed by atoms with Gasteiger partial charge >= 0.3 is 0 Å². The molecule has 0 heterocycles. The summed E-state index contributed by atoms with van der Waals surface area (Å²) in [5, 5.41) is 8.22. The molecule has 0 radical (unpaired) electrons. The van der Waals surface area contributed by atoms with Gasteiger partial charge in [-0.2, -0.15) is 0 Å². The Bertz CT molecular complexity index is 52.0. The number of hydrogen-bond donors (Lipinski definition) is 1. The predicted molar refractivity (Wildman–Crippen MR) is 31.3 cm³/mol. The van der Waals surface area contributed by atoms with E-state index in [1.807, 2.05) is 6.08 Å². The van der Waals surface area contributed by atoms with E-state index in [1.54, 1.807) is 0 Å². The van der Waals surface area contributed by atoms with Gasteiger partial charge in [0.1, 0.15) is 0 Å². The van der Waals surface area contributed by atoms with Gasteiger partial charge in [0.15, 0.2) is 0 Å². The lowest BCUT2D eigenvalue weighted by Crippen LogP contribution is -1.77. The summed E-state index contributed by atoms with van der Waals surface area (Å²) in [5.74, 6) is 0. The van der Waals surface area contributed by atoms with E-state index in [9.17, 15) is 0 Å². The monoisotopic (exact) mass is 120 g/mol. The van der Waals surface area contributed by atoms with Gasteiger partial charge < -0.3 is 5.11 Å². The zero-order chi connectivity index (χ0) is 5.54. The van der Waals surface area contributed by atoms with Crippen LogP contribution < -0.4 is 0 Å². The minimum Gasteiger partial charge on any atom is -0.396 e. The Hall–Kier alpha value is -0.0100. The second-order valence-corrected chi connectivity index (χ2v) is 1.48. The zero-order valence-electron chi connectivity index (χ0n) is 4.10. The fourth-order valence-corrected chi connectivity index (χ4v) is 0.398. The van der Waals surface area contributed by atoms with E-state index in [2.05, 4.69) is 0 Å². The molecular weight excluding hydrogens is 112 g/mol. The second kappa shape index (κ2) is 5.99. The molecule has 0 atom stereocenters. The van der Waals surface area contributed by atoms with Crippen LogP contribution in [-0.2, 0) is 0 Å². The summed E-state index contributed by atoms with van der Waals surface area (Å²) in [7, 11) is 0. The number of rotatable bonds is 3. The third-order valence-electron chi connectivity index (χ3n) is 0.618. The average molecular weight is 121 g/mol. The molecule has 0 saturated heterocycles. The van der Waals surface area contributed by atoms with Gasteiger partial charge in [0.2, 0.25) is 0 Å². The number of aliphatic hydroxyl groups is 1. The highest BCUT2D eigenvalue weighted by molar-refractivity contribution is 6.25. The van der Waals surface area contributed by atoms with E-state index in [4.69, 9.17) is 16.7 Å². The van der Waals surface area contributed by atoms with Gasteiger partial charge in [-0.1, -0.05) is 17.7 Å². The molecule has 0 aromatic rings. The molecule has 0 aliphatic heterocycles. The smallest absolute Gasteiger partial charge is 0.0433 e. The van der Waals surface area contributed by atoms with Crippen molar-refractivity contribution in [1.82, 2.24) is 0 Å². The molecule has 0 saturated carbocycles. The molecule has 0 bridgehead atoms. The summed E-state index contributed by atoms with van der Waals surface area (Å²) >= 11 is 5.18. The van der Waals surface area contributed by atoms with Gasteiger partial charge in [0.25, 0.3) is 0 Å². The number of allylic oxidation sites excluding steroid dienone is 1. The van der Waals surface area contributed by atoms with E-state index in [1.165, 1.54) is 5.54 Å². The van der Waals surface area contributed by atoms with Gasteiger partial charge in [-0.15, -0.1) is 0 Å². The first-order valence-corrected chi connectivity index (χ1v) is 2.71. The van der Waals surface area contributed by atoms with E-state index in [0.717, 1.165) is 12.8 Å². The van der Waals surface area contributed by atoms with E-state index >= 15 is 0 Å². The van der Waals surface area contributed by atoms with Gasteiger partial charge in [-0.25, -0.2) is 0 Å². The zero-order valence-corrected chi connectivity index (χ0v) is 4.86. The minimum atomic E-state index is 0.251. The van der Waals surface area contributed by atoms with Crippen molar-refractivity contribution >= 4 is 11.6 Å². The summed E-state index contributed by atoms with van der Waals surface area (Å²) < 4.78 is 0. The highest BCUT2D eigenvalue weighted by Gasteiger charge is 1.74. The summed E-state index contributed by atoms with van der Waals surface area (Å²) in [4.78, 5) is 0. The molecule has 0 aliphatic carbocycles. The number of aliphatic hydroxyl groups excluding tert-OH is 1. The summed E-state index contributed by atoms with van der Waals surface area (Å²) in [6.07, 6.45) is 3.50. The van der Waals surface area contributed by atoms with Gasteiger partial charge in [-0.3, -0.25) is 0 Å². The lowest BCUT2D eigenvalue weighted by atomic mass is 10.3. The summed E-state index contributed by atoms with van der Waals surface area (Å²) in [5.41, 5.74) is 1.47. The van der Waals surface area contributed by atoms with Gasteiger partial charge in [0.05, 0.1) is 0 Å². The minimum absolute atomic E-state index is 0.251. The van der Waals surface area contributed by atoms with Crippen LogP contribution in [0.15, 0.2) is 11.6 Å². The molecular formula is C5H9ClO. The summed E-state index contributed by atoms with van der Waals surface area (Å²) in [6, 6.07) is 0. The molecule has 0 fully saturated rings. The third kappa shape index (κ3) is 5.99. The molecule has 0 aromatic carbocycles. The van der Waals surface area contributed by atoms with Crippen LogP contribution >= 0.6 is 11.6 Å². The molecule has 7 heavy (non-hydrogen) atoms. The topological polar surface area (TPSA) is 20.2 Å². The van der Waals surface area contributed by atoms with Gasteiger partial charge in [-0.05, 0) is 12.8 Å². The maximum Gasteiger partial charge on any atom is 0.0433 e. The first kappa shape index (κ1) is 6.99. The van der Waals surface area contributed by atoms with Gasteiger partial charge in [0, 0.05) is 12.1 Å². The van der Waals surface area contributed by atoms with Crippen LogP contribution in [0, 0.1) is 0 Å². The van der Waals surface area contributed by atoms with Crippen molar-refractivity contribution in [2.45, 2.75) is 12.8 Å². The Morgan fingerprint density at radius 3 is 2.71 bits per heavy atom. The van der Waals surface area contributed by atoms with Crippen molar-refractivity contribution in [2.75, 3.05) is 6.61 Å². The lowest BCUT2D eigenvalue weighted by Gasteiger charge is -1.83. The van der Waals surface area contributed by atoms with E-state index in [0.29, 0.717) is 0 Å². The molecule has 42 valence electrons. The van der Waals surface area contributed by atoms with Crippen LogP contribution in [0.4, 0.5) is 0 Å². The Morgan fingerprint density at radius 1 is 1.57 bits per heavy atom. The Morgan fingerprint density at radius 2 is 2.29 bits per heavy atom. The van der Waals surface area contributed by atoms with Crippen LogP contribution in [0.2, 0.25) is 0 Å². The molecule has 0 rings (SSSR count). The molecule has 1 N–H and O–H groups in total. The molecule has 0 aromatic heterocycles. The predicted octanol–water partition coefficient (Wildman–Crippen LogP) is 1.51. The van der Waals surface area contributed by atoms with Crippen LogP contribution in [-0.4, -0.2) is 11.7 Å². The normalized spacial score (nSPS) is 10.6. The number of hydrogen-bond acceptors (Lipinski definition) is 1. The summed E-state index contributed by atoms with van der Waals surface area (Å²) in [6.45, 7) is 0.251. The van der Waals surface area contributed by atoms with Crippen molar-refractivity contribution in [3.8, 4) is 0 Å². The van der Waals surface area contributed by atoms with Crippen LogP contribution in [0.1, 0.15) is 12.8 Å². The molecule has 0 unspecified atom stereocenters. The largest absolute Gasteiger partial charge is 0.396 e. The fraction of sp³-hybridized carbons (Fsp3) is 0.600. The van der Waals surface area contributed by atoms with Crippen molar-refractivity contribution in [3.05, 3.63) is 11.6 Å². The lowest BCUT2D eigenvalue weighted by molar-refractivity contribution is 0.289. The van der Waals surface area contributed by atoms with Crippen molar-refractivity contribution < 1.29 is 5.11 Å². The van der Waals surface area contributed by atoms with Crippen molar-refractivity contribution in [1.29, 1.82) is 0 Å². The molecule has 0 aliphatic rings. The fourth-order valence-electron chi connectivity index (χ4n) is 0.272. The quantitative estimate of drug-likeness (QED) is 0.560. The first-order valence-electron chi connectivity index (χ1n) is 2.28. The standard InChI is InChI=1S/C5H9ClO/c6-4-2-1-3-5-7/h2,4,7H,1,3,5H2. The van der Waals surface area contributed by atoms with Crippen LogP contribution in [0.5, 0.6) is 0 Å². The highest BCUT2D eigenvalue weighted by Crippen LogP contribution is 1.89. The maximum absolute atomic E-state index is 8.22. The molecule has 2 heteroatoms. The Kier molecular flexibility index (Phi) is 5.98.